The fraction of sp³-hybridized carbons (Fsp3) is 0.562. The van der Waals surface area contributed by atoms with E-state index in [4.69, 9.17) is 0 Å². The van der Waals surface area contributed by atoms with E-state index in [0.29, 0.717) is 0 Å². The smallest absolute Gasteiger partial charge is 0.0685 e. The maximum atomic E-state index is 4.47. The minimum atomic E-state index is 1.01. The van der Waals surface area contributed by atoms with Crippen LogP contribution >= 0.6 is 0 Å². The molecule has 0 aliphatic carbocycles. The first-order valence-corrected chi connectivity index (χ1v) is 7.53. The minimum absolute atomic E-state index is 1.01. The normalized spacial score (nSPS) is 16.5. The fourth-order valence-electron chi connectivity index (χ4n) is 2.95. The summed E-state index contributed by atoms with van der Waals surface area (Å²) in [7, 11) is 0. The van der Waals surface area contributed by atoms with Crippen LogP contribution in [0.15, 0.2) is 24.4 Å². The van der Waals surface area contributed by atoms with Crippen LogP contribution in [0.3, 0.4) is 0 Å². The molecule has 1 saturated heterocycles. The van der Waals surface area contributed by atoms with E-state index in [-0.39, 0.29) is 0 Å². The van der Waals surface area contributed by atoms with Gasteiger partial charge in [0.25, 0.3) is 0 Å². The molecule has 0 unspecified atom stereocenters. The second-order valence-corrected chi connectivity index (χ2v) is 5.56. The SMILES string of the molecule is CCCn1ncc2ccc(CCN3CCCC3)cc21. The average Bonchev–Trinajstić information content (AvgIpc) is 3.07. The van der Waals surface area contributed by atoms with Crippen molar-refractivity contribution in [3.8, 4) is 0 Å². The van der Waals surface area contributed by atoms with Gasteiger partial charge in [-0.2, -0.15) is 5.10 Å². The number of aromatic nitrogens is 2. The van der Waals surface area contributed by atoms with E-state index in [1.807, 2.05) is 6.20 Å². The molecule has 3 rings (SSSR count). The molecule has 0 atom stereocenters. The van der Waals surface area contributed by atoms with Gasteiger partial charge in [0.2, 0.25) is 0 Å². The van der Waals surface area contributed by atoms with Crippen LogP contribution in [0.25, 0.3) is 10.9 Å². The Kier molecular flexibility index (Phi) is 3.83. The van der Waals surface area contributed by atoms with E-state index in [1.165, 1.54) is 48.9 Å². The van der Waals surface area contributed by atoms with Gasteiger partial charge in [-0.05, 0) is 50.4 Å². The number of aryl methyl sites for hydroxylation is 1. The number of hydrogen-bond acceptors (Lipinski definition) is 2. The number of likely N-dealkylation sites (tertiary alicyclic amines) is 1. The molecule has 1 aromatic heterocycles. The Hall–Kier alpha value is -1.35. The Morgan fingerprint density at radius 2 is 2.00 bits per heavy atom. The van der Waals surface area contributed by atoms with Gasteiger partial charge in [0, 0.05) is 18.5 Å². The van der Waals surface area contributed by atoms with Gasteiger partial charge < -0.3 is 4.90 Å². The van der Waals surface area contributed by atoms with Crippen molar-refractivity contribution >= 4 is 10.9 Å². The number of benzene rings is 1. The molecule has 0 radical (unpaired) electrons. The molecule has 0 spiro atoms. The first-order valence-electron chi connectivity index (χ1n) is 7.53. The zero-order valence-corrected chi connectivity index (χ0v) is 11.8. The van der Waals surface area contributed by atoms with Crippen LogP contribution in [0.2, 0.25) is 0 Å². The molecule has 0 amide bonds. The summed E-state index contributed by atoms with van der Waals surface area (Å²) in [6, 6.07) is 6.80. The van der Waals surface area contributed by atoms with Crippen molar-refractivity contribution in [3.63, 3.8) is 0 Å². The monoisotopic (exact) mass is 257 g/mol. The summed E-state index contributed by atoms with van der Waals surface area (Å²) in [5, 5.41) is 5.73. The zero-order valence-electron chi connectivity index (χ0n) is 11.8. The molecule has 0 N–H and O–H groups in total. The molecule has 1 aromatic carbocycles. The Morgan fingerprint density at radius 3 is 2.79 bits per heavy atom. The van der Waals surface area contributed by atoms with Gasteiger partial charge in [-0.1, -0.05) is 19.1 Å². The number of rotatable bonds is 5. The maximum Gasteiger partial charge on any atom is 0.0685 e. The lowest BCUT2D eigenvalue weighted by molar-refractivity contribution is 0.343. The fourth-order valence-corrected chi connectivity index (χ4v) is 2.95. The Labute approximate surface area is 115 Å². The van der Waals surface area contributed by atoms with Gasteiger partial charge in [-0.25, -0.2) is 0 Å². The van der Waals surface area contributed by atoms with Crippen molar-refractivity contribution in [3.05, 3.63) is 30.0 Å². The van der Waals surface area contributed by atoms with Gasteiger partial charge in [-0.3, -0.25) is 4.68 Å². The minimum Gasteiger partial charge on any atom is -0.303 e. The van der Waals surface area contributed by atoms with Gasteiger partial charge in [0.15, 0.2) is 0 Å². The molecule has 0 bridgehead atoms. The van der Waals surface area contributed by atoms with Gasteiger partial charge in [0.1, 0.15) is 0 Å². The third-order valence-electron chi connectivity index (χ3n) is 4.06. The van der Waals surface area contributed by atoms with Crippen LogP contribution in [0.1, 0.15) is 31.7 Å². The standard InChI is InChI=1S/C16H23N3/c1-2-8-19-16-12-14(5-6-15(16)13-17-19)7-11-18-9-3-4-10-18/h5-6,12-13H,2-4,7-11H2,1H3. The predicted octanol–water partition coefficient (Wildman–Crippen LogP) is 3.08. The topological polar surface area (TPSA) is 21.1 Å². The maximum absolute atomic E-state index is 4.47. The predicted molar refractivity (Wildman–Crippen MR) is 79.4 cm³/mol. The van der Waals surface area contributed by atoms with Crippen LogP contribution in [-0.4, -0.2) is 34.3 Å². The quantitative estimate of drug-likeness (QED) is 0.820. The zero-order chi connectivity index (χ0) is 13.1. The van der Waals surface area contributed by atoms with E-state index < -0.39 is 0 Å². The van der Waals surface area contributed by atoms with Gasteiger partial charge in [-0.15, -0.1) is 0 Å². The summed E-state index contributed by atoms with van der Waals surface area (Å²) in [5.41, 5.74) is 2.73. The van der Waals surface area contributed by atoms with Crippen molar-refractivity contribution in [1.29, 1.82) is 0 Å². The lowest BCUT2D eigenvalue weighted by Crippen LogP contribution is -2.21. The molecule has 102 valence electrons. The molecule has 1 aliphatic rings. The Morgan fingerprint density at radius 1 is 1.16 bits per heavy atom. The average molecular weight is 257 g/mol. The molecule has 2 heterocycles. The van der Waals surface area contributed by atoms with E-state index in [1.54, 1.807) is 0 Å². The highest BCUT2D eigenvalue weighted by molar-refractivity contribution is 5.79. The van der Waals surface area contributed by atoms with Gasteiger partial charge >= 0.3 is 0 Å². The molecule has 3 heteroatoms. The van der Waals surface area contributed by atoms with E-state index >= 15 is 0 Å². The number of hydrogen-bond donors (Lipinski definition) is 0. The second kappa shape index (κ2) is 5.74. The molecule has 1 fully saturated rings. The van der Waals surface area contributed by atoms with E-state index in [2.05, 4.69) is 39.8 Å². The molecular formula is C16H23N3. The number of fused-ring (bicyclic) bond motifs is 1. The Balaban J connectivity index is 1.73. The van der Waals surface area contributed by atoms with E-state index in [9.17, 15) is 0 Å². The van der Waals surface area contributed by atoms with Gasteiger partial charge in [0.05, 0.1) is 11.7 Å². The first kappa shape index (κ1) is 12.7. The summed E-state index contributed by atoms with van der Waals surface area (Å²) >= 11 is 0. The molecule has 2 aromatic rings. The summed E-state index contributed by atoms with van der Waals surface area (Å²) < 4.78 is 2.13. The molecule has 0 saturated carbocycles. The first-order chi connectivity index (χ1) is 9.36. The van der Waals surface area contributed by atoms with Crippen molar-refractivity contribution in [2.75, 3.05) is 19.6 Å². The molecular weight excluding hydrogens is 234 g/mol. The Bertz CT molecular complexity index is 538. The van der Waals surface area contributed by atoms with E-state index in [0.717, 1.165) is 19.4 Å². The third kappa shape index (κ3) is 2.81. The molecule has 19 heavy (non-hydrogen) atoms. The van der Waals surface area contributed by atoms with Crippen molar-refractivity contribution < 1.29 is 0 Å². The highest BCUT2D eigenvalue weighted by Crippen LogP contribution is 2.17. The highest BCUT2D eigenvalue weighted by atomic mass is 15.3. The summed E-state index contributed by atoms with van der Waals surface area (Å²) in [4.78, 5) is 2.58. The second-order valence-electron chi connectivity index (χ2n) is 5.56. The van der Waals surface area contributed by atoms with Crippen molar-refractivity contribution in [2.45, 2.75) is 39.2 Å². The summed E-state index contributed by atoms with van der Waals surface area (Å²) in [6.45, 7) is 6.99. The van der Waals surface area contributed by atoms with Crippen LogP contribution in [0, 0.1) is 0 Å². The molecule has 3 nitrogen and oxygen atoms in total. The lowest BCUT2D eigenvalue weighted by Gasteiger charge is -2.14. The van der Waals surface area contributed by atoms with Crippen LogP contribution in [0.5, 0.6) is 0 Å². The van der Waals surface area contributed by atoms with Crippen molar-refractivity contribution in [1.82, 2.24) is 14.7 Å². The van der Waals surface area contributed by atoms with Crippen LogP contribution in [0.4, 0.5) is 0 Å². The highest BCUT2D eigenvalue weighted by Gasteiger charge is 2.11. The van der Waals surface area contributed by atoms with Crippen molar-refractivity contribution in [2.24, 2.45) is 0 Å². The summed E-state index contributed by atoms with van der Waals surface area (Å²) in [5.74, 6) is 0. The lowest BCUT2D eigenvalue weighted by atomic mass is 10.1. The van der Waals surface area contributed by atoms with Crippen LogP contribution in [-0.2, 0) is 13.0 Å². The number of nitrogens with zero attached hydrogens (tertiary/aromatic N) is 3. The third-order valence-corrected chi connectivity index (χ3v) is 4.06. The van der Waals surface area contributed by atoms with Crippen LogP contribution < -0.4 is 0 Å². The largest absolute Gasteiger partial charge is 0.303 e. The summed E-state index contributed by atoms with van der Waals surface area (Å²) in [6.07, 6.45) is 7.03. The molecule has 1 aliphatic heterocycles.